The highest BCUT2D eigenvalue weighted by atomic mass is 16.6. The number of unbranched alkanes of at least 4 members (excludes halogenated alkanes) is 12. The maximum Gasteiger partial charge on any atom is 0.407 e. The fourth-order valence-electron chi connectivity index (χ4n) is 4.59. The maximum absolute atomic E-state index is 12.7. The summed E-state index contributed by atoms with van der Waals surface area (Å²) < 4.78 is 10.6. The summed E-state index contributed by atoms with van der Waals surface area (Å²) in [6.45, 7) is 2.85. The minimum Gasteiger partial charge on any atom is -0.464 e. The monoisotopic (exact) mass is 463 g/mol. The molecule has 0 spiro atoms. The Kier molecular flexibility index (Phi) is 18.6. The second-order valence-corrected chi connectivity index (χ2v) is 9.52. The Labute approximate surface area is 203 Å². The van der Waals surface area contributed by atoms with Crippen molar-refractivity contribution in [3.8, 4) is 12.3 Å². The zero-order valence-corrected chi connectivity index (χ0v) is 21.2. The molecule has 1 fully saturated rings. The number of carbonyl (C=O) groups is 2. The summed E-state index contributed by atoms with van der Waals surface area (Å²) in [6, 6.07) is -0.620. The predicted molar refractivity (Wildman–Crippen MR) is 135 cm³/mol. The highest BCUT2D eigenvalue weighted by Crippen LogP contribution is 2.27. The van der Waals surface area contributed by atoms with Crippen LogP contribution >= 0.6 is 0 Å². The van der Waals surface area contributed by atoms with Crippen molar-refractivity contribution in [1.82, 2.24) is 5.32 Å². The number of nitrogens with one attached hydrogen (secondary N) is 1. The molecule has 0 aliphatic heterocycles. The first-order valence-electron chi connectivity index (χ1n) is 13.7. The normalized spacial score (nSPS) is 14.9. The van der Waals surface area contributed by atoms with Crippen LogP contribution in [0, 0.1) is 18.3 Å². The summed E-state index contributed by atoms with van der Waals surface area (Å²) in [7, 11) is 0. The zero-order chi connectivity index (χ0) is 24.0. The van der Waals surface area contributed by atoms with E-state index in [1.807, 2.05) is 0 Å². The molecule has 1 N–H and O–H groups in total. The third-order valence-corrected chi connectivity index (χ3v) is 6.62. The van der Waals surface area contributed by atoms with Gasteiger partial charge in [-0.25, -0.2) is 9.59 Å². The van der Waals surface area contributed by atoms with Crippen LogP contribution in [0.1, 0.15) is 129 Å². The van der Waals surface area contributed by atoms with E-state index in [9.17, 15) is 9.59 Å². The van der Waals surface area contributed by atoms with Crippen LogP contribution in [0.4, 0.5) is 4.79 Å². The van der Waals surface area contributed by atoms with E-state index in [-0.39, 0.29) is 18.5 Å². The second kappa shape index (κ2) is 20.9. The molecule has 1 saturated carbocycles. The van der Waals surface area contributed by atoms with Crippen LogP contribution in [-0.4, -0.2) is 31.3 Å². The largest absolute Gasteiger partial charge is 0.464 e. The maximum atomic E-state index is 12.7. The molecule has 33 heavy (non-hydrogen) atoms. The highest BCUT2D eigenvalue weighted by Gasteiger charge is 2.32. The number of amides is 1. The van der Waals surface area contributed by atoms with Crippen molar-refractivity contribution >= 4 is 12.1 Å². The van der Waals surface area contributed by atoms with Crippen molar-refractivity contribution in [2.75, 3.05) is 13.2 Å². The van der Waals surface area contributed by atoms with Gasteiger partial charge >= 0.3 is 12.1 Å². The van der Waals surface area contributed by atoms with Gasteiger partial charge in [-0.3, -0.25) is 0 Å². The van der Waals surface area contributed by atoms with Crippen LogP contribution in [0.25, 0.3) is 0 Å². The van der Waals surface area contributed by atoms with Gasteiger partial charge in [0.05, 0.1) is 6.61 Å². The van der Waals surface area contributed by atoms with E-state index < -0.39 is 12.1 Å². The smallest absolute Gasteiger partial charge is 0.407 e. The minimum atomic E-state index is -0.620. The molecule has 190 valence electrons. The molecule has 1 unspecified atom stereocenters. The molecule has 1 atom stereocenters. The quantitative estimate of drug-likeness (QED) is 0.124. The van der Waals surface area contributed by atoms with Crippen LogP contribution in [0.5, 0.6) is 0 Å². The van der Waals surface area contributed by atoms with E-state index in [1.165, 1.54) is 77.0 Å². The third kappa shape index (κ3) is 15.7. The summed E-state index contributed by atoms with van der Waals surface area (Å²) in [5.41, 5.74) is 0. The number of carbonyl (C=O) groups excluding carboxylic acids is 2. The van der Waals surface area contributed by atoms with Crippen molar-refractivity contribution < 1.29 is 19.1 Å². The Morgan fingerprint density at radius 3 is 1.91 bits per heavy atom. The van der Waals surface area contributed by atoms with Crippen molar-refractivity contribution in [3.05, 3.63) is 0 Å². The van der Waals surface area contributed by atoms with Crippen LogP contribution in [0.3, 0.4) is 0 Å². The van der Waals surface area contributed by atoms with Gasteiger partial charge in [0.1, 0.15) is 12.6 Å². The number of hydrogen-bond donors (Lipinski definition) is 1. The standard InChI is InChI=1S/C28H49NO4/c1-3-5-7-8-9-10-11-12-13-14-15-16-20-24-32-27(30)26(25-21-18-17-19-22-25)29-28(31)33-23-6-4-2/h2,25-26H,3,5-24H2,1H3,(H,29,31). The molecule has 0 aromatic carbocycles. The Hall–Kier alpha value is -1.70. The summed E-state index contributed by atoms with van der Waals surface area (Å²) in [5.74, 6) is 2.23. The minimum absolute atomic E-state index is 0.123. The van der Waals surface area contributed by atoms with Crippen LogP contribution in [-0.2, 0) is 14.3 Å². The van der Waals surface area contributed by atoms with Gasteiger partial charge in [-0.1, -0.05) is 103 Å². The van der Waals surface area contributed by atoms with Gasteiger partial charge < -0.3 is 14.8 Å². The van der Waals surface area contributed by atoms with E-state index in [4.69, 9.17) is 15.9 Å². The summed E-state index contributed by atoms with van der Waals surface area (Å²) in [4.78, 5) is 24.8. The van der Waals surface area contributed by atoms with Crippen LogP contribution in [0.2, 0.25) is 0 Å². The predicted octanol–water partition coefficient (Wildman–Crippen LogP) is 7.32. The lowest BCUT2D eigenvalue weighted by Crippen LogP contribution is -2.47. The van der Waals surface area contributed by atoms with Gasteiger partial charge in [-0.05, 0) is 25.2 Å². The van der Waals surface area contributed by atoms with Crippen molar-refractivity contribution in [2.45, 2.75) is 135 Å². The lowest BCUT2D eigenvalue weighted by Gasteiger charge is -2.29. The molecule has 0 aromatic rings. The van der Waals surface area contributed by atoms with E-state index in [0.29, 0.717) is 13.0 Å². The van der Waals surface area contributed by atoms with E-state index in [2.05, 4.69) is 18.2 Å². The van der Waals surface area contributed by atoms with Crippen LogP contribution < -0.4 is 5.32 Å². The number of rotatable bonds is 19. The number of terminal acetylenes is 1. The molecular formula is C28H49NO4. The first-order chi connectivity index (χ1) is 16.2. The van der Waals surface area contributed by atoms with E-state index in [1.54, 1.807) is 0 Å². The molecule has 0 aromatic heterocycles. The summed E-state index contributed by atoms with van der Waals surface area (Å²) in [5, 5.41) is 2.74. The Morgan fingerprint density at radius 2 is 1.36 bits per heavy atom. The second-order valence-electron chi connectivity index (χ2n) is 9.52. The van der Waals surface area contributed by atoms with Crippen molar-refractivity contribution in [1.29, 1.82) is 0 Å². The van der Waals surface area contributed by atoms with Gasteiger partial charge in [-0.15, -0.1) is 12.3 Å². The van der Waals surface area contributed by atoms with Gasteiger partial charge in [-0.2, -0.15) is 0 Å². The molecule has 1 aliphatic carbocycles. The molecule has 1 rings (SSSR count). The van der Waals surface area contributed by atoms with Crippen LogP contribution in [0.15, 0.2) is 0 Å². The average molecular weight is 464 g/mol. The zero-order valence-electron chi connectivity index (χ0n) is 21.2. The lowest BCUT2D eigenvalue weighted by atomic mass is 9.84. The van der Waals surface area contributed by atoms with Gasteiger partial charge in [0.2, 0.25) is 0 Å². The Bertz CT molecular complexity index is 537. The number of alkyl carbamates (subject to hydrolysis) is 1. The van der Waals surface area contributed by atoms with Gasteiger partial charge in [0.25, 0.3) is 0 Å². The molecule has 5 heteroatoms. The first-order valence-corrected chi connectivity index (χ1v) is 13.7. The average Bonchev–Trinajstić information content (AvgIpc) is 2.83. The summed E-state index contributed by atoms with van der Waals surface area (Å²) >= 11 is 0. The SMILES string of the molecule is C#CCCOC(=O)NC(C(=O)OCCCCCCCCCCCCCCC)C1CCCCC1. The number of ether oxygens (including phenoxy) is 2. The van der Waals surface area contributed by atoms with Crippen molar-refractivity contribution in [2.24, 2.45) is 5.92 Å². The highest BCUT2D eigenvalue weighted by molar-refractivity contribution is 5.81. The summed E-state index contributed by atoms with van der Waals surface area (Å²) in [6.07, 6.45) is 26.9. The lowest BCUT2D eigenvalue weighted by molar-refractivity contribution is -0.148. The molecule has 0 saturated heterocycles. The molecule has 0 radical (unpaired) electrons. The molecule has 5 nitrogen and oxygen atoms in total. The molecular weight excluding hydrogens is 414 g/mol. The molecule has 1 amide bonds. The van der Waals surface area contributed by atoms with Crippen molar-refractivity contribution in [3.63, 3.8) is 0 Å². The first kappa shape index (κ1) is 29.3. The van der Waals surface area contributed by atoms with Gasteiger partial charge in [0.15, 0.2) is 0 Å². The Morgan fingerprint density at radius 1 is 0.818 bits per heavy atom. The van der Waals surface area contributed by atoms with Gasteiger partial charge in [0, 0.05) is 6.42 Å². The molecule has 0 bridgehead atoms. The number of hydrogen-bond acceptors (Lipinski definition) is 4. The topological polar surface area (TPSA) is 64.6 Å². The third-order valence-electron chi connectivity index (χ3n) is 6.62. The molecule has 0 heterocycles. The molecule has 1 aliphatic rings. The fourth-order valence-corrected chi connectivity index (χ4v) is 4.59. The van der Waals surface area contributed by atoms with E-state index >= 15 is 0 Å². The Balaban J connectivity index is 2.13. The fraction of sp³-hybridized carbons (Fsp3) is 0.857. The van der Waals surface area contributed by atoms with E-state index in [0.717, 1.165) is 38.5 Å². The number of esters is 1.